The Balaban J connectivity index is 1.84. The number of carbonyl (C=O) groups is 1. The summed E-state index contributed by atoms with van der Waals surface area (Å²) in [5.74, 6) is 0.421. The number of likely N-dealkylation sites (N-methyl/N-ethyl adjacent to an activating group) is 1. The van der Waals surface area contributed by atoms with Crippen LogP contribution in [0.5, 0.6) is 0 Å². The van der Waals surface area contributed by atoms with Gasteiger partial charge in [0.1, 0.15) is 0 Å². The van der Waals surface area contributed by atoms with E-state index >= 15 is 0 Å². The van der Waals surface area contributed by atoms with Gasteiger partial charge in [-0.3, -0.25) is 4.79 Å². The first-order valence-electron chi connectivity index (χ1n) is 6.41. The Morgan fingerprint density at radius 2 is 2.05 bits per heavy atom. The van der Waals surface area contributed by atoms with Crippen LogP contribution in [-0.2, 0) is 4.79 Å². The highest BCUT2D eigenvalue weighted by molar-refractivity contribution is 6.30. The number of aliphatic hydroxyl groups excluding tert-OH is 1. The van der Waals surface area contributed by atoms with E-state index in [4.69, 9.17) is 11.6 Å². The van der Waals surface area contributed by atoms with Crippen molar-refractivity contribution < 1.29 is 9.90 Å². The number of nitrogens with zero attached hydrogens (tertiary/aromatic N) is 1. The van der Waals surface area contributed by atoms with Crippen LogP contribution in [0.1, 0.15) is 18.4 Å². The topological polar surface area (TPSA) is 40.5 Å². The Bertz CT molecular complexity index is 464. The molecule has 0 unspecified atom stereocenters. The summed E-state index contributed by atoms with van der Waals surface area (Å²) in [6, 6.07) is 7.33. The van der Waals surface area contributed by atoms with E-state index in [9.17, 15) is 9.90 Å². The second-order valence-corrected chi connectivity index (χ2v) is 5.53. The summed E-state index contributed by atoms with van der Waals surface area (Å²) in [5, 5.41) is 9.90. The largest absolute Gasteiger partial charge is 0.393 e. The molecule has 0 atom stereocenters. The van der Waals surface area contributed by atoms with Gasteiger partial charge in [-0.15, -0.1) is 0 Å². The molecule has 1 aliphatic carbocycles. The van der Waals surface area contributed by atoms with Crippen molar-refractivity contribution in [3.63, 3.8) is 0 Å². The molecule has 1 N–H and O–H groups in total. The summed E-state index contributed by atoms with van der Waals surface area (Å²) in [5.41, 5.74) is 0.949. The first kappa shape index (κ1) is 14.1. The number of amides is 1. The van der Waals surface area contributed by atoms with Crippen LogP contribution in [0.15, 0.2) is 30.3 Å². The molecular weight excluding hydrogens is 262 g/mol. The second-order valence-electron chi connectivity index (χ2n) is 5.09. The Labute approximate surface area is 118 Å². The van der Waals surface area contributed by atoms with Crippen molar-refractivity contribution in [3.8, 4) is 0 Å². The van der Waals surface area contributed by atoms with Crippen molar-refractivity contribution in [2.45, 2.75) is 18.9 Å². The highest BCUT2D eigenvalue weighted by Gasteiger charge is 2.28. The van der Waals surface area contributed by atoms with Gasteiger partial charge in [0, 0.05) is 24.7 Å². The molecule has 0 aromatic heterocycles. The monoisotopic (exact) mass is 279 g/mol. The summed E-state index contributed by atoms with van der Waals surface area (Å²) in [6.07, 6.45) is 4.79. The third-order valence-electron chi connectivity index (χ3n) is 3.41. The number of hydrogen-bond acceptors (Lipinski definition) is 2. The van der Waals surface area contributed by atoms with E-state index in [-0.39, 0.29) is 12.0 Å². The number of hydrogen-bond donors (Lipinski definition) is 1. The van der Waals surface area contributed by atoms with Gasteiger partial charge in [0.25, 0.3) is 0 Å². The average molecular weight is 280 g/mol. The molecule has 1 amide bonds. The summed E-state index contributed by atoms with van der Waals surface area (Å²) >= 11 is 5.80. The van der Waals surface area contributed by atoms with E-state index in [1.807, 2.05) is 12.1 Å². The van der Waals surface area contributed by atoms with Crippen LogP contribution in [0.4, 0.5) is 0 Å². The normalized spacial score (nSPS) is 22.3. The third kappa shape index (κ3) is 4.08. The smallest absolute Gasteiger partial charge is 0.246 e. The summed E-state index contributed by atoms with van der Waals surface area (Å²) in [4.78, 5) is 13.6. The molecule has 1 aromatic rings. The lowest BCUT2D eigenvalue weighted by Gasteiger charge is -2.34. The molecule has 0 radical (unpaired) electrons. The van der Waals surface area contributed by atoms with Crippen LogP contribution in [0.2, 0.25) is 5.02 Å². The molecule has 0 heterocycles. The summed E-state index contributed by atoms with van der Waals surface area (Å²) in [6.45, 7) is 0.709. The SMILES string of the molecule is CN(CC1CC(O)C1)C(=O)C=Cc1ccc(Cl)cc1. The fraction of sp³-hybridized carbons (Fsp3) is 0.400. The van der Waals surface area contributed by atoms with E-state index in [0.29, 0.717) is 17.5 Å². The molecule has 3 nitrogen and oxygen atoms in total. The number of benzene rings is 1. The van der Waals surface area contributed by atoms with Gasteiger partial charge >= 0.3 is 0 Å². The fourth-order valence-corrected chi connectivity index (χ4v) is 2.32. The second kappa shape index (κ2) is 6.22. The number of carbonyl (C=O) groups excluding carboxylic acids is 1. The molecule has 1 aliphatic rings. The molecule has 2 rings (SSSR count). The van der Waals surface area contributed by atoms with Gasteiger partial charge in [-0.25, -0.2) is 0 Å². The molecular formula is C15H18ClNO2. The maximum atomic E-state index is 11.9. The zero-order chi connectivity index (χ0) is 13.8. The van der Waals surface area contributed by atoms with Crippen molar-refractivity contribution in [3.05, 3.63) is 40.9 Å². The van der Waals surface area contributed by atoms with Crippen molar-refractivity contribution in [1.29, 1.82) is 0 Å². The van der Waals surface area contributed by atoms with Gasteiger partial charge in [-0.05, 0) is 42.5 Å². The van der Waals surface area contributed by atoms with E-state index < -0.39 is 0 Å². The maximum absolute atomic E-state index is 11.9. The standard InChI is InChI=1S/C15H18ClNO2/c1-17(10-12-8-14(18)9-12)15(19)7-4-11-2-5-13(16)6-3-11/h2-7,12,14,18H,8-10H2,1H3. The molecule has 1 saturated carbocycles. The van der Waals surface area contributed by atoms with Crippen LogP contribution in [0, 0.1) is 5.92 Å². The Kier molecular flexibility index (Phi) is 4.61. The lowest BCUT2D eigenvalue weighted by molar-refractivity contribution is -0.126. The third-order valence-corrected chi connectivity index (χ3v) is 3.66. The summed E-state index contributed by atoms with van der Waals surface area (Å²) < 4.78 is 0. The zero-order valence-corrected chi connectivity index (χ0v) is 11.7. The molecule has 0 bridgehead atoms. The minimum Gasteiger partial charge on any atom is -0.393 e. The fourth-order valence-electron chi connectivity index (χ4n) is 2.20. The van der Waals surface area contributed by atoms with Gasteiger partial charge in [0.05, 0.1) is 6.10 Å². The van der Waals surface area contributed by atoms with Crippen LogP contribution < -0.4 is 0 Å². The molecule has 1 aromatic carbocycles. The predicted molar refractivity (Wildman–Crippen MR) is 76.9 cm³/mol. The van der Waals surface area contributed by atoms with E-state index in [0.717, 1.165) is 18.4 Å². The molecule has 19 heavy (non-hydrogen) atoms. The van der Waals surface area contributed by atoms with Gasteiger partial charge in [0.2, 0.25) is 5.91 Å². The number of aliphatic hydroxyl groups is 1. The van der Waals surface area contributed by atoms with Gasteiger partial charge in [-0.1, -0.05) is 23.7 Å². The maximum Gasteiger partial charge on any atom is 0.246 e. The Hall–Kier alpha value is -1.32. The molecule has 4 heteroatoms. The van der Waals surface area contributed by atoms with Gasteiger partial charge in [0.15, 0.2) is 0 Å². The molecule has 0 aliphatic heterocycles. The highest BCUT2D eigenvalue weighted by atomic mass is 35.5. The Morgan fingerprint density at radius 1 is 1.42 bits per heavy atom. The molecule has 1 fully saturated rings. The predicted octanol–water partition coefficient (Wildman–Crippen LogP) is 2.58. The van der Waals surface area contributed by atoms with Crippen molar-refractivity contribution in [2.75, 3.05) is 13.6 Å². The molecule has 102 valence electrons. The quantitative estimate of drug-likeness (QED) is 0.861. The number of rotatable bonds is 4. The zero-order valence-electron chi connectivity index (χ0n) is 10.9. The lowest BCUT2D eigenvalue weighted by Crippen LogP contribution is -2.38. The first-order valence-corrected chi connectivity index (χ1v) is 6.79. The average Bonchev–Trinajstić information content (AvgIpc) is 2.35. The van der Waals surface area contributed by atoms with E-state index in [2.05, 4.69) is 0 Å². The minimum absolute atomic E-state index is 0.0173. The molecule has 0 spiro atoms. The van der Waals surface area contributed by atoms with Crippen LogP contribution in [0.3, 0.4) is 0 Å². The first-order chi connectivity index (χ1) is 9.04. The minimum atomic E-state index is -0.168. The molecule has 0 saturated heterocycles. The van der Waals surface area contributed by atoms with Gasteiger partial charge in [-0.2, -0.15) is 0 Å². The van der Waals surface area contributed by atoms with E-state index in [1.165, 1.54) is 0 Å². The highest BCUT2D eigenvalue weighted by Crippen LogP contribution is 2.27. The van der Waals surface area contributed by atoms with Crippen LogP contribution in [-0.4, -0.2) is 35.6 Å². The van der Waals surface area contributed by atoms with Gasteiger partial charge < -0.3 is 10.0 Å². The van der Waals surface area contributed by atoms with Crippen LogP contribution >= 0.6 is 11.6 Å². The van der Waals surface area contributed by atoms with Crippen LogP contribution in [0.25, 0.3) is 6.08 Å². The summed E-state index contributed by atoms with van der Waals surface area (Å²) in [7, 11) is 1.79. The van der Waals surface area contributed by atoms with Crippen molar-refractivity contribution >= 4 is 23.6 Å². The van der Waals surface area contributed by atoms with E-state index in [1.54, 1.807) is 36.2 Å². The van der Waals surface area contributed by atoms with Crippen molar-refractivity contribution in [1.82, 2.24) is 4.90 Å². The number of halogens is 1. The lowest BCUT2D eigenvalue weighted by atomic mass is 9.82. The Morgan fingerprint density at radius 3 is 2.63 bits per heavy atom. The van der Waals surface area contributed by atoms with Crippen molar-refractivity contribution in [2.24, 2.45) is 5.92 Å².